The molecule has 11 rings (SSSR count). The fourth-order valence-electron chi connectivity index (χ4n) is 7.97. The summed E-state index contributed by atoms with van der Waals surface area (Å²) in [7, 11) is 0. The van der Waals surface area contributed by atoms with E-state index < -0.39 is 34.6 Å². The van der Waals surface area contributed by atoms with Crippen LogP contribution in [0.3, 0.4) is 0 Å². The van der Waals surface area contributed by atoms with Crippen LogP contribution in [0.25, 0.3) is 5.69 Å². The van der Waals surface area contributed by atoms with Gasteiger partial charge >= 0.3 is 5.97 Å². The van der Waals surface area contributed by atoms with E-state index in [-0.39, 0.29) is 63.4 Å². The zero-order valence-corrected chi connectivity index (χ0v) is 62.6. The number of hydrogen-bond acceptors (Lipinski definition) is 16. The Morgan fingerprint density at radius 2 is 1.05 bits per heavy atom. The van der Waals surface area contributed by atoms with Crippen LogP contribution in [0.15, 0.2) is 192 Å². The maximum absolute atomic E-state index is 14.8. The Kier molecular flexibility index (Phi) is 30.9. The number of pyridine rings is 1. The molecule has 0 saturated carbocycles. The molecule has 5 N–H and O–H groups in total. The SMILES string of the molecule is C=C(C)CNC(=O)c1ccc(Cl)s1.CC1(CNC(=O)c2ccc(Cl)s2)CC(c2ccc(-n3ccccc3=O)cc2F)=NO1.CC1(CNC(=O)c2ccc(Cl)s2)CC(c2ccc(Br)cc2F)=NO1.O/N=C(\Cl)c1ccc(Br)cc1F.O=C(O)c1ccc(Cl)s1.O=Cc1ccc(Br)cc1F. The average molecular weight is 1710 g/mol. The number of amides is 3. The van der Waals surface area contributed by atoms with E-state index in [2.05, 4.69) is 85.8 Å². The van der Waals surface area contributed by atoms with Crippen LogP contribution < -0.4 is 21.5 Å². The van der Waals surface area contributed by atoms with Gasteiger partial charge in [-0.05, 0) is 148 Å². The average Bonchev–Trinajstić information content (AvgIpc) is 1.57. The number of aromatic nitrogens is 1. The predicted octanol–water partition coefficient (Wildman–Crippen LogP) is 18.8. The highest BCUT2D eigenvalue weighted by Gasteiger charge is 2.38. The molecule has 7 heterocycles. The van der Waals surface area contributed by atoms with Crippen molar-refractivity contribution in [3.05, 3.63) is 264 Å². The summed E-state index contributed by atoms with van der Waals surface area (Å²) in [6.07, 6.45) is 2.78. The lowest BCUT2D eigenvalue weighted by Gasteiger charge is -2.21. The van der Waals surface area contributed by atoms with Gasteiger partial charge in [-0.3, -0.25) is 28.5 Å². The Morgan fingerprint density at radius 1 is 0.622 bits per heavy atom. The first-order valence-electron chi connectivity index (χ1n) is 27.8. The number of aldehydes is 1. The van der Waals surface area contributed by atoms with E-state index in [9.17, 15) is 46.3 Å². The predicted molar refractivity (Wildman–Crippen MR) is 391 cm³/mol. The number of benzene rings is 4. The van der Waals surface area contributed by atoms with E-state index in [0.717, 1.165) is 16.9 Å². The topological polar surface area (TPSA) is 239 Å². The zero-order valence-electron chi connectivity index (χ0n) is 50.8. The highest BCUT2D eigenvalue weighted by atomic mass is 79.9. The standard InChI is InChI=1S/C21H17ClFN3O3S.C16H13BrClFN2O2S.C9H10ClNOS.C7H4BrClFNO.C7H4BrFO.C5H3ClO2S/c1-21(12-24-20(28)17-7-8-18(22)30-17)11-16(25-29-21)14-6-5-13(10-15(14)23)26-9-3-2-4-19(26)27;1-16(8-20-15(22)13-4-5-14(18)24-13)7-12(21-23-16)10-3-2-9(17)6-11(10)19;1-6(2)5-11-9(12)7-3-4-8(10)13-7;8-4-1-2-5(6(10)3-4)7(9)11-12;8-6-2-1-5(4-10)7(9)3-6;6-4-2-1-3(9-4)5(7)8/h2-10H,11-12H2,1H3,(H,24,28);2-6H,7-8H2,1H3,(H,20,22);3-4H,1,5H2,2H3,(H,11,12);1-3,12H;1-4H;1-2H,(H,7,8)/b;;;11-7-;;. The zero-order chi connectivity index (χ0) is 72.0. The highest BCUT2D eigenvalue weighted by molar-refractivity contribution is 9.11. The molecule has 33 heteroatoms. The third kappa shape index (κ3) is 24.7. The molecule has 0 aliphatic carbocycles. The van der Waals surface area contributed by atoms with Gasteiger partial charge in [0.1, 0.15) is 28.1 Å². The Bertz CT molecular complexity index is 4540. The Morgan fingerprint density at radius 3 is 1.44 bits per heavy atom. The molecule has 0 fully saturated rings. The molecule has 514 valence electrons. The smallest absolute Gasteiger partial charge is 0.345 e. The highest BCUT2D eigenvalue weighted by Crippen LogP contribution is 2.31. The molecule has 0 bridgehead atoms. The van der Waals surface area contributed by atoms with Crippen molar-refractivity contribution in [1.29, 1.82) is 0 Å². The van der Waals surface area contributed by atoms with Crippen LogP contribution in [-0.4, -0.2) is 92.3 Å². The molecule has 4 aromatic carbocycles. The number of halogens is 12. The minimum Gasteiger partial charge on any atom is -0.477 e. The summed E-state index contributed by atoms with van der Waals surface area (Å²) in [5, 5.41) is 35.4. The third-order valence-electron chi connectivity index (χ3n) is 12.7. The number of carbonyl (C=O) groups is 5. The number of carboxylic acid groups (broad SMARTS) is 1. The van der Waals surface area contributed by atoms with Gasteiger partial charge in [-0.2, -0.15) is 0 Å². The lowest BCUT2D eigenvalue weighted by atomic mass is 9.95. The largest absolute Gasteiger partial charge is 0.477 e. The second-order valence-corrected chi connectivity index (χ2v) is 30.7. The molecule has 0 spiro atoms. The van der Waals surface area contributed by atoms with Crippen molar-refractivity contribution in [3.8, 4) is 5.69 Å². The molecular formula is C65H51Br3Cl5F4N7O10S4. The maximum atomic E-state index is 14.8. The van der Waals surface area contributed by atoms with Gasteiger partial charge in [-0.15, -0.1) is 45.3 Å². The monoisotopic (exact) mass is 1700 g/mol. The summed E-state index contributed by atoms with van der Waals surface area (Å²) in [6, 6.07) is 35.7. The normalized spacial score (nSPS) is 14.9. The number of hydrogen-bond donors (Lipinski definition) is 5. The number of aromatic carboxylic acids is 1. The molecule has 0 radical (unpaired) electrons. The van der Waals surface area contributed by atoms with Gasteiger partial charge in [0.15, 0.2) is 22.7 Å². The van der Waals surface area contributed by atoms with Crippen molar-refractivity contribution in [2.45, 2.75) is 44.8 Å². The lowest BCUT2D eigenvalue weighted by Crippen LogP contribution is -2.40. The summed E-state index contributed by atoms with van der Waals surface area (Å²) in [6.45, 7) is 10.1. The second kappa shape index (κ2) is 37.9. The van der Waals surface area contributed by atoms with E-state index >= 15 is 0 Å². The summed E-state index contributed by atoms with van der Waals surface area (Å²) >= 11 is 42.3. The van der Waals surface area contributed by atoms with Gasteiger partial charge < -0.3 is 35.9 Å². The van der Waals surface area contributed by atoms with Gasteiger partial charge in [-0.1, -0.05) is 139 Å². The molecule has 2 atom stereocenters. The van der Waals surface area contributed by atoms with Crippen molar-refractivity contribution in [3.63, 3.8) is 0 Å². The number of thiophene rings is 4. The molecular weight excluding hydrogens is 1660 g/mol. The number of carbonyl (C=O) groups excluding carboxylic acids is 4. The van der Waals surface area contributed by atoms with Crippen LogP contribution in [-0.2, 0) is 9.68 Å². The van der Waals surface area contributed by atoms with Crippen LogP contribution in [0.2, 0.25) is 17.3 Å². The fraction of sp³-hybridized carbons (Fsp3) is 0.154. The molecule has 2 aliphatic rings. The fourth-order valence-corrected chi connectivity index (χ4v) is 12.9. The van der Waals surface area contributed by atoms with Crippen molar-refractivity contribution in [1.82, 2.24) is 20.5 Å². The number of nitrogens with one attached hydrogen (secondary N) is 3. The van der Waals surface area contributed by atoms with Gasteiger partial charge in [-0.25, -0.2) is 22.4 Å². The minimum atomic E-state index is -0.924. The van der Waals surface area contributed by atoms with Crippen molar-refractivity contribution >= 4 is 198 Å². The number of nitrogens with zero attached hydrogens (tertiary/aromatic N) is 4. The van der Waals surface area contributed by atoms with Crippen LogP contribution in [0, 0.1) is 23.3 Å². The first-order chi connectivity index (χ1) is 46.4. The third-order valence-corrected chi connectivity index (χ3v) is 19.4. The quantitative estimate of drug-likeness (QED) is 0.0162. The van der Waals surface area contributed by atoms with E-state index in [1.165, 1.54) is 87.1 Å². The summed E-state index contributed by atoms with van der Waals surface area (Å²) in [5.74, 6) is -3.40. The van der Waals surface area contributed by atoms with E-state index in [1.54, 1.807) is 104 Å². The van der Waals surface area contributed by atoms with Crippen LogP contribution in [0.5, 0.6) is 0 Å². The molecule has 3 amide bonds. The van der Waals surface area contributed by atoms with Gasteiger partial charge in [0, 0.05) is 56.2 Å². The summed E-state index contributed by atoms with van der Waals surface area (Å²) in [5.41, 5.74) is 1.40. The van der Waals surface area contributed by atoms with Crippen molar-refractivity contribution in [2.75, 3.05) is 19.6 Å². The van der Waals surface area contributed by atoms with Crippen LogP contribution in [0.1, 0.15) is 99.3 Å². The minimum absolute atomic E-state index is 0.0716. The number of carboxylic acids is 1. The van der Waals surface area contributed by atoms with Gasteiger partial charge in [0.2, 0.25) is 0 Å². The van der Waals surface area contributed by atoms with Gasteiger partial charge in [0.05, 0.1) is 73.3 Å². The second-order valence-electron chi connectivity index (χ2n) is 20.7. The summed E-state index contributed by atoms with van der Waals surface area (Å²) < 4.78 is 59.9. The van der Waals surface area contributed by atoms with Gasteiger partial charge in [0.25, 0.3) is 23.3 Å². The molecule has 9 aromatic rings. The van der Waals surface area contributed by atoms with Crippen LogP contribution >= 0.6 is 151 Å². The first-order valence-corrected chi connectivity index (χ1v) is 35.3. The molecule has 0 saturated heterocycles. The molecule has 5 aromatic heterocycles. The Balaban J connectivity index is 0.000000198. The maximum Gasteiger partial charge on any atom is 0.345 e. The Hall–Kier alpha value is -7.06. The van der Waals surface area contributed by atoms with Crippen LogP contribution in [0.4, 0.5) is 17.6 Å². The molecule has 2 unspecified atom stereocenters. The number of rotatable bonds is 15. The molecule has 98 heavy (non-hydrogen) atoms. The Labute approximate surface area is 623 Å². The molecule has 2 aliphatic heterocycles. The van der Waals surface area contributed by atoms with Crippen molar-refractivity contribution < 1.29 is 61.5 Å². The van der Waals surface area contributed by atoms with E-state index in [4.69, 9.17) is 78.0 Å². The van der Waals surface area contributed by atoms with E-state index in [0.29, 0.717) is 99.3 Å². The van der Waals surface area contributed by atoms with E-state index in [1.807, 2.05) is 13.8 Å². The first kappa shape index (κ1) is 79.9. The summed E-state index contributed by atoms with van der Waals surface area (Å²) in [4.78, 5) is 80.8. The lowest BCUT2D eigenvalue weighted by molar-refractivity contribution is -0.00187. The molecule has 17 nitrogen and oxygen atoms in total. The number of oxime groups is 3. The van der Waals surface area contributed by atoms with Crippen molar-refractivity contribution in [2.24, 2.45) is 15.5 Å².